The van der Waals surface area contributed by atoms with Crippen molar-refractivity contribution in [3.8, 4) is 0 Å². The van der Waals surface area contributed by atoms with Crippen LogP contribution in [0, 0.1) is 17.6 Å². The number of nitrogens with zero attached hydrogens (tertiary/aromatic N) is 2. The Morgan fingerprint density at radius 2 is 1.62 bits per heavy atom. The third kappa shape index (κ3) is 6.77. The molecule has 208 valence electrons. The summed E-state index contributed by atoms with van der Waals surface area (Å²) in [4.78, 5) is 46.0. The van der Waals surface area contributed by atoms with Crippen LogP contribution in [0.4, 0.5) is 14.5 Å². The minimum absolute atomic E-state index is 0.136. The standard InChI is InChI=1S/C31H32F2N4O3/c1-4-19(2)18-37-26-13-9-8-12-25(26)28(22-10-6-5-7-11-22)35-29(31(37)40)36-30(39)20(3)34-27(38)16-21-14-23(32)17-24(33)15-21/h5-15,17,19-20,29H,4,16,18H2,1-3H3,(H,34,38)(H,36,39)/t19?,20-,29?/m0/s1. The zero-order chi connectivity index (χ0) is 28.8. The lowest BCUT2D eigenvalue weighted by molar-refractivity contribution is -0.130. The summed E-state index contributed by atoms with van der Waals surface area (Å²) in [5.41, 5.74) is 2.96. The predicted molar refractivity (Wildman–Crippen MR) is 150 cm³/mol. The van der Waals surface area contributed by atoms with E-state index in [1.165, 1.54) is 6.92 Å². The summed E-state index contributed by atoms with van der Waals surface area (Å²) in [5.74, 6) is -3.01. The topological polar surface area (TPSA) is 90.9 Å². The number of para-hydroxylation sites is 1. The highest BCUT2D eigenvalue weighted by Gasteiger charge is 2.34. The zero-order valence-corrected chi connectivity index (χ0v) is 22.7. The van der Waals surface area contributed by atoms with Gasteiger partial charge >= 0.3 is 0 Å². The predicted octanol–water partition coefficient (Wildman–Crippen LogP) is 4.38. The number of hydrogen-bond donors (Lipinski definition) is 2. The molecule has 1 heterocycles. The highest BCUT2D eigenvalue weighted by atomic mass is 19.1. The number of hydrogen-bond acceptors (Lipinski definition) is 4. The first-order valence-corrected chi connectivity index (χ1v) is 13.2. The van der Waals surface area contributed by atoms with Crippen molar-refractivity contribution in [3.63, 3.8) is 0 Å². The minimum atomic E-state index is -1.24. The smallest absolute Gasteiger partial charge is 0.272 e. The Hall–Kier alpha value is -4.40. The molecule has 0 fully saturated rings. The second-order valence-electron chi connectivity index (χ2n) is 9.98. The number of carbonyl (C=O) groups excluding carboxylic acids is 3. The average molecular weight is 547 g/mol. The number of halogens is 2. The maximum Gasteiger partial charge on any atom is 0.272 e. The van der Waals surface area contributed by atoms with Crippen LogP contribution < -0.4 is 15.5 Å². The first-order valence-electron chi connectivity index (χ1n) is 13.2. The van der Waals surface area contributed by atoms with Gasteiger partial charge in [0.2, 0.25) is 18.0 Å². The molecule has 3 atom stereocenters. The molecule has 1 aliphatic rings. The normalized spacial score (nSPS) is 16.3. The van der Waals surface area contributed by atoms with Gasteiger partial charge in [-0.05, 0) is 36.6 Å². The lowest BCUT2D eigenvalue weighted by Gasteiger charge is -2.28. The van der Waals surface area contributed by atoms with Crippen LogP contribution in [0.25, 0.3) is 0 Å². The van der Waals surface area contributed by atoms with Crippen molar-refractivity contribution in [1.29, 1.82) is 0 Å². The van der Waals surface area contributed by atoms with E-state index in [2.05, 4.69) is 17.6 Å². The van der Waals surface area contributed by atoms with Crippen LogP contribution in [0.1, 0.15) is 43.9 Å². The summed E-state index contributed by atoms with van der Waals surface area (Å²) >= 11 is 0. The van der Waals surface area contributed by atoms with Gasteiger partial charge in [-0.3, -0.25) is 14.4 Å². The molecule has 0 saturated heterocycles. The van der Waals surface area contributed by atoms with Crippen molar-refractivity contribution >= 4 is 29.1 Å². The van der Waals surface area contributed by atoms with Gasteiger partial charge in [0.25, 0.3) is 5.91 Å². The van der Waals surface area contributed by atoms with Gasteiger partial charge in [0.05, 0.1) is 17.8 Å². The molecule has 4 rings (SSSR count). The van der Waals surface area contributed by atoms with Gasteiger partial charge in [0, 0.05) is 23.7 Å². The van der Waals surface area contributed by atoms with Crippen molar-refractivity contribution < 1.29 is 23.2 Å². The molecule has 40 heavy (non-hydrogen) atoms. The summed E-state index contributed by atoms with van der Waals surface area (Å²) in [6.07, 6.45) is -0.702. The molecule has 3 aromatic rings. The van der Waals surface area contributed by atoms with Crippen molar-refractivity contribution in [2.24, 2.45) is 10.9 Å². The van der Waals surface area contributed by atoms with E-state index in [0.717, 1.165) is 29.7 Å². The number of benzene rings is 3. The summed E-state index contributed by atoms with van der Waals surface area (Å²) in [6.45, 7) is 6.00. The van der Waals surface area contributed by atoms with Gasteiger partial charge in [-0.1, -0.05) is 68.8 Å². The molecular formula is C31H32F2N4O3. The Morgan fingerprint density at radius 1 is 0.975 bits per heavy atom. The average Bonchev–Trinajstić information content (AvgIpc) is 3.03. The largest absolute Gasteiger partial charge is 0.344 e. The number of benzodiazepines with no additional fused rings is 1. The molecule has 0 spiro atoms. The van der Waals surface area contributed by atoms with E-state index in [0.29, 0.717) is 24.0 Å². The maximum absolute atomic E-state index is 13.9. The Bertz CT molecular complexity index is 1410. The van der Waals surface area contributed by atoms with Crippen LogP contribution in [-0.4, -0.2) is 42.2 Å². The molecule has 3 amide bonds. The zero-order valence-electron chi connectivity index (χ0n) is 22.7. The Kier molecular flexibility index (Phi) is 9.04. The van der Waals surface area contributed by atoms with Gasteiger partial charge in [0.1, 0.15) is 17.7 Å². The van der Waals surface area contributed by atoms with E-state index in [-0.39, 0.29) is 23.8 Å². The molecule has 0 aliphatic carbocycles. The Morgan fingerprint density at radius 3 is 2.30 bits per heavy atom. The third-order valence-corrected chi connectivity index (χ3v) is 6.78. The molecule has 1 aliphatic heterocycles. The number of carbonyl (C=O) groups is 3. The summed E-state index contributed by atoms with van der Waals surface area (Å²) in [5, 5.41) is 5.23. The monoisotopic (exact) mass is 546 g/mol. The molecule has 7 nitrogen and oxygen atoms in total. The van der Waals surface area contributed by atoms with Gasteiger partial charge in [-0.15, -0.1) is 0 Å². The summed E-state index contributed by atoms with van der Waals surface area (Å²) < 4.78 is 27.0. The highest BCUT2D eigenvalue weighted by Crippen LogP contribution is 2.29. The number of nitrogens with one attached hydrogen (secondary N) is 2. The van der Waals surface area contributed by atoms with Gasteiger partial charge in [-0.2, -0.15) is 0 Å². The SMILES string of the molecule is CCC(C)CN1C(=O)C(NC(=O)[C@H](C)NC(=O)Cc2cc(F)cc(F)c2)N=C(c2ccccc2)c2ccccc21. The molecule has 0 bridgehead atoms. The second kappa shape index (κ2) is 12.6. The fourth-order valence-electron chi connectivity index (χ4n) is 4.49. The number of anilines is 1. The Balaban J connectivity index is 1.60. The summed E-state index contributed by atoms with van der Waals surface area (Å²) in [6, 6.07) is 18.7. The minimum Gasteiger partial charge on any atom is -0.344 e. The van der Waals surface area contributed by atoms with Crippen molar-refractivity contribution in [1.82, 2.24) is 10.6 Å². The molecule has 2 N–H and O–H groups in total. The fourth-order valence-corrected chi connectivity index (χ4v) is 4.49. The molecular weight excluding hydrogens is 514 g/mol. The van der Waals surface area contributed by atoms with Crippen LogP contribution in [0.5, 0.6) is 0 Å². The Labute approximate surface area is 232 Å². The molecule has 0 saturated carbocycles. The van der Waals surface area contributed by atoms with Crippen molar-refractivity contribution in [2.75, 3.05) is 11.4 Å². The number of amides is 3. The van der Waals surface area contributed by atoms with E-state index in [9.17, 15) is 23.2 Å². The van der Waals surface area contributed by atoms with Crippen molar-refractivity contribution in [3.05, 3.63) is 101 Å². The van der Waals surface area contributed by atoms with Crippen molar-refractivity contribution in [2.45, 2.75) is 45.8 Å². The van der Waals surface area contributed by atoms with Crippen LogP contribution in [0.2, 0.25) is 0 Å². The third-order valence-electron chi connectivity index (χ3n) is 6.78. The summed E-state index contributed by atoms with van der Waals surface area (Å²) in [7, 11) is 0. The van der Waals surface area contributed by atoms with Crippen LogP contribution in [-0.2, 0) is 20.8 Å². The van der Waals surface area contributed by atoms with Crippen LogP contribution in [0.3, 0.4) is 0 Å². The molecule has 3 aromatic carbocycles. The first-order chi connectivity index (χ1) is 19.2. The molecule has 9 heteroatoms. The van der Waals surface area contributed by atoms with E-state index in [1.807, 2.05) is 61.5 Å². The van der Waals surface area contributed by atoms with Crippen LogP contribution in [0.15, 0.2) is 77.8 Å². The number of rotatable bonds is 9. The number of fused-ring (bicyclic) bond motifs is 1. The lowest BCUT2D eigenvalue weighted by atomic mass is 9.99. The van der Waals surface area contributed by atoms with Gasteiger partial charge < -0.3 is 15.5 Å². The van der Waals surface area contributed by atoms with Gasteiger partial charge in [-0.25, -0.2) is 13.8 Å². The van der Waals surface area contributed by atoms with E-state index >= 15 is 0 Å². The van der Waals surface area contributed by atoms with E-state index in [1.54, 1.807) is 4.90 Å². The number of aliphatic imine (C=N–C) groups is 1. The van der Waals surface area contributed by atoms with E-state index < -0.39 is 35.7 Å². The first kappa shape index (κ1) is 28.6. The lowest BCUT2D eigenvalue weighted by Crippen LogP contribution is -2.53. The fraction of sp³-hybridized carbons (Fsp3) is 0.290. The molecule has 2 unspecified atom stereocenters. The quantitative estimate of drug-likeness (QED) is 0.417. The second-order valence-corrected chi connectivity index (χ2v) is 9.98. The highest BCUT2D eigenvalue weighted by molar-refractivity contribution is 6.20. The maximum atomic E-state index is 13.9. The van der Waals surface area contributed by atoms with Crippen LogP contribution >= 0.6 is 0 Å². The van der Waals surface area contributed by atoms with Gasteiger partial charge in [0.15, 0.2) is 0 Å². The molecule has 0 radical (unpaired) electrons. The molecule has 0 aromatic heterocycles. The van der Waals surface area contributed by atoms with E-state index in [4.69, 9.17) is 4.99 Å².